The average molecular weight is 356 g/mol. The van der Waals surface area contributed by atoms with E-state index in [2.05, 4.69) is 34.2 Å². The number of halogens is 1. The van der Waals surface area contributed by atoms with Gasteiger partial charge >= 0.3 is 0 Å². The van der Waals surface area contributed by atoms with Crippen molar-refractivity contribution in [3.8, 4) is 11.5 Å². The van der Waals surface area contributed by atoms with Gasteiger partial charge in [0.25, 0.3) is 0 Å². The SMILES string of the molecule is CNC(c1cc(OC)c(OC)cc1Br)C1CCC(C)CC1. The third kappa shape index (κ3) is 3.72. The van der Waals surface area contributed by atoms with Crippen LogP contribution in [0.4, 0.5) is 0 Å². The summed E-state index contributed by atoms with van der Waals surface area (Å²) in [7, 11) is 5.40. The summed E-state index contributed by atoms with van der Waals surface area (Å²) in [6, 6.07) is 4.46. The molecule has 0 aliphatic heterocycles. The highest BCUT2D eigenvalue weighted by Gasteiger charge is 2.28. The van der Waals surface area contributed by atoms with E-state index in [4.69, 9.17) is 9.47 Å². The lowest BCUT2D eigenvalue weighted by Gasteiger charge is -2.33. The number of nitrogens with one attached hydrogen (secondary N) is 1. The van der Waals surface area contributed by atoms with E-state index in [0.717, 1.165) is 21.9 Å². The summed E-state index contributed by atoms with van der Waals surface area (Å²) in [4.78, 5) is 0. The van der Waals surface area contributed by atoms with Crippen LogP contribution in [-0.2, 0) is 0 Å². The molecule has 3 nitrogen and oxygen atoms in total. The summed E-state index contributed by atoms with van der Waals surface area (Å²) in [5.41, 5.74) is 1.26. The number of ether oxygens (including phenoxy) is 2. The minimum absolute atomic E-state index is 0.353. The summed E-state index contributed by atoms with van der Waals surface area (Å²) in [6.45, 7) is 2.36. The average Bonchev–Trinajstić information content (AvgIpc) is 2.50. The number of hydrogen-bond donors (Lipinski definition) is 1. The lowest BCUT2D eigenvalue weighted by atomic mass is 9.77. The molecule has 1 saturated carbocycles. The third-order valence-corrected chi connectivity index (χ3v) is 5.37. The monoisotopic (exact) mass is 355 g/mol. The predicted molar refractivity (Wildman–Crippen MR) is 90.2 cm³/mol. The number of methoxy groups -OCH3 is 2. The van der Waals surface area contributed by atoms with Gasteiger partial charge in [-0.3, -0.25) is 0 Å². The van der Waals surface area contributed by atoms with Crippen molar-refractivity contribution in [3.63, 3.8) is 0 Å². The van der Waals surface area contributed by atoms with Gasteiger partial charge in [0.05, 0.1) is 14.2 Å². The van der Waals surface area contributed by atoms with E-state index in [9.17, 15) is 0 Å². The molecule has 0 saturated heterocycles. The van der Waals surface area contributed by atoms with Gasteiger partial charge in [-0.25, -0.2) is 0 Å². The van der Waals surface area contributed by atoms with E-state index in [1.54, 1.807) is 14.2 Å². The lowest BCUT2D eigenvalue weighted by Crippen LogP contribution is -2.28. The van der Waals surface area contributed by atoms with Gasteiger partial charge in [0.1, 0.15) is 0 Å². The second kappa shape index (κ2) is 7.50. The van der Waals surface area contributed by atoms with Crippen molar-refractivity contribution in [1.82, 2.24) is 5.32 Å². The maximum Gasteiger partial charge on any atom is 0.161 e. The molecule has 1 aromatic carbocycles. The van der Waals surface area contributed by atoms with E-state index >= 15 is 0 Å². The van der Waals surface area contributed by atoms with Crippen LogP contribution in [0, 0.1) is 11.8 Å². The highest BCUT2D eigenvalue weighted by molar-refractivity contribution is 9.10. The van der Waals surface area contributed by atoms with Crippen molar-refractivity contribution in [2.75, 3.05) is 21.3 Å². The molecule has 118 valence electrons. The maximum atomic E-state index is 5.46. The molecule has 1 fully saturated rings. The Bertz CT molecular complexity index is 470. The van der Waals surface area contributed by atoms with Crippen LogP contribution in [0.3, 0.4) is 0 Å². The summed E-state index contributed by atoms with van der Waals surface area (Å²) in [5.74, 6) is 3.11. The van der Waals surface area contributed by atoms with Crippen molar-refractivity contribution in [1.29, 1.82) is 0 Å². The molecule has 0 heterocycles. The molecule has 1 aliphatic carbocycles. The van der Waals surface area contributed by atoms with Crippen LogP contribution in [0.5, 0.6) is 11.5 Å². The van der Waals surface area contributed by atoms with Gasteiger partial charge < -0.3 is 14.8 Å². The van der Waals surface area contributed by atoms with Gasteiger partial charge in [-0.05, 0) is 49.4 Å². The van der Waals surface area contributed by atoms with Crippen LogP contribution < -0.4 is 14.8 Å². The molecule has 1 N–H and O–H groups in total. The van der Waals surface area contributed by atoms with E-state index in [0.29, 0.717) is 12.0 Å². The Morgan fingerprint density at radius 3 is 2.19 bits per heavy atom. The van der Waals surface area contributed by atoms with Crippen LogP contribution in [0.2, 0.25) is 0 Å². The van der Waals surface area contributed by atoms with Gasteiger partial charge in [-0.2, -0.15) is 0 Å². The summed E-state index contributed by atoms with van der Waals surface area (Å²) in [6.07, 6.45) is 5.22. The Morgan fingerprint density at radius 1 is 1.10 bits per heavy atom. The summed E-state index contributed by atoms with van der Waals surface area (Å²) >= 11 is 3.70. The van der Waals surface area contributed by atoms with Crippen molar-refractivity contribution < 1.29 is 9.47 Å². The van der Waals surface area contributed by atoms with E-state index in [1.165, 1.54) is 31.2 Å². The minimum atomic E-state index is 0.353. The van der Waals surface area contributed by atoms with Crippen LogP contribution >= 0.6 is 15.9 Å². The molecule has 0 spiro atoms. The summed E-state index contributed by atoms with van der Waals surface area (Å²) in [5, 5.41) is 3.51. The fraction of sp³-hybridized carbons (Fsp3) is 0.647. The molecule has 0 amide bonds. The zero-order chi connectivity index (χ0) is 15.4. The highest BCUT2D eigenvalue weighted by Crippen LogP contribution is 2.42. The molecule has 1 aromatic rings. The van der Waals surface area contributed by atoms with Crippen molar-refractivity contribution in [3.05, 3.63) is 22.2 Å². The zero-order valence-electron chi connectivity index (χ0n) is 13.4. The van der Waals surface area contributed by atoms with Gasteiger partial charge in [0.15, 0.2) is 11.5 Å². The molecule has 0 radical (unpaired) electrons. The van der Waals surface area contributed by atoms with Gasteiger partial charge in [-0.1, -0.05) is 35.7 Å². The molecule has 1 atom stereocenters. The molecular weight excluding hydrogens is 330 g/mol. The molecule has 4 heteroatoms. The smallest absolute Gasteiger partial charge is 0.161 e. The molecule has 2 rings (SSSR count). The Kier molecular flexibility index (Phi) is 5.94. The van der Waals surface area contributed by atoms with Crippen molar-refractivity contribution >= 4 is 15.9 Å². The number of benzene rings is 1. The Hall–Kier alpha value is -0.740. The lowest BCUT2D eigenvalue weighted by molar-refractivity contribution is 0.237. The highest BCUT2D eigenvalue weighted by atomic mass is 79.9. The van der Waals surface area contributed by atoms with Gasteiger partial charge in [0.2, 0.25) is 0 Å². The third-order valence-electron chi connectivity index (χ3n) is 4.68. The van der Waals surface area contributed by atoms with Crippen molar-refractivity contribution in [2.24, 2.45) is 11.8 Å². The Morgan fingerprint density at radius 2 is 1.67 bits per heavy atom. The van der Waals surface area contributed by atoms with E-state index < -0.39 is 0 Å². The number of hydrogen-bond acceptors (Lipinski definition) is 3. The van der Waals surface area contributed by atoms with Gasteiger partial charge in [0, 0.05) is 10.5 Å². The predicted octanol–water partition coefficient (Wildman–Crippen LogP) is 4.55. The fourth-order valence-corrected chi connectivity index (χ4v) is 3.94. The van der Waals surface area contributed by atoms with Crippen molar-refractivity contribution in [2.45, 2.75) is 38.6 Å². The molecule has 1 aliphatic rings. The standard InChI is InChI=1S/C17H26BrNO2/c1-11-5-7-12(8-6-11)17(19-2)13-9-15(20-3)16(21-4)10-14(13)18/h9-12,17,19H,5-8H2,1-4H3. The first-order valence-corrected chi connectivity index (χ1v) is 8.48. The second-order valence-electron chi connectivity index (χ2n) is 6.02. The maximum absolute atomic E-state index is 5.46. The first kappa shape index (κ1) is 16.6. The van der Waals surface area contributed by atoms with Crippen LogP contribution in [-0.4, -0.2) is 21.3 Å². The van der Waals surface area contributed by atoms with E-state index in [1.807, 2.05) is 13.1 Å². The van der Waals surface area contributed by atoms with E-state index in [-0.39, 0.29) is 0 Å². The Labute approximate surface area is 136 Å². The van der Waals surface area contributed by atoms with Crippen LogP contribution in [0.15, 0.2) is 16.6 Å². The molecule has 21 heavy (non-hydrogen) atoms. The van der Waals surface area contributed by atoms with Crippen LogP contribution in [0.1, 0.15) is 44.2 Å². The molecule has 0 aromatic heterocycles. The minimum Gasteiger partial charge on any atom is -0.493 e. The number of rotatable bonds is 5. The first-order chi connectivity index (χ1) is 10.1. The second-order valence-corrected chi connectivity index (χ2v) is 6.87. The molecule has 1 unspecified atom stereocenters. The topological polar surface area (TPSA) is 30.5 Å². The first-order valence-electron chi connectivity index (χ1n) is 7.69. The van der Waals surface area contributed by atoms with Gasteiger partial charge in [-0.15, -0.1) is 0 Å². The quantitative estimate of drug-likeness (QED) is 0.839. The Balaban J connectivity index is 2.29. The molecule has 0 bridgehead atoms. The zero-order valence-corrected chi connectivity index (χ0v) is 15.0. The normalized spacial score (nSPS) is 23.7. The largest absolute Gasteiger partial charge is 0.493 e. The van der Waals surface area contributed by atoms with Crippen LogP contribution in [0.25, 0.3) is 0 Å². The molecular formula is C17H26BrNO2. The fourth-order valence-electron chi connectivity index (χ4n) is 3.37. The summed E-state index contributed by atoms with van der Waals surface area (Å²) < 4.78 is 11.9.